The van der Waals surface area contributed by atoms with E-state index in [1.165, 1.54) is 12.0 Å². The third-order valence-electron chi connectivity index (χ3n) is 5.00. The van der Waals surface area contributed by atoms with E-state index in [4.69, 9.17) is 4.74 Å². The Labute approximate surface area is 142 Å². The van der Waals surface area contributed by atoms with Gasteiger partial charge < -0.3 is 9.64 Å². The Hall–Kier alpha value is -2.36. The molecule has 0 N–H and O–H groups in total. The fourth-order valence-corrected chi connectivity index (χ4v) is 3.78. The molecule has 1 amide bonds. The zero-order chi connectivity index (χ0) is 16.4. The Balaban J connectivity index is 1.51. The molecule has 1 fully saturated rings. The van der Waals surface area contributed by atoms with Crippen LogP contribution >= 0.6 is 0 Å². The Bertz CT molecular complexity index is 730. The quantitative estimate of drug-likeness (QED) is 0.870. The number of hydrogen-bond donors (Lipinski definition) is 0. The molecule has 1 aromatic heterocycles. The van der Waals surface area contributed by atoms with Crippen molar-refractivity contribution < 1.29 is 9.53 Å². The molecule has 2 aromatic rings. The molecular formula is C20H22N2O2. The molecule has 0 bridgehead atoms. The summed E-state index contributed by atoms with van der Waals surface area (Å²) in [5.74, 6) is 1.18. The number of amides is 1. The molecule has 124 valence electrons. The number of aromatic nitrogens is 1. The number of fused-ring (bicyclic) bond motifs is 1. The van der Waals surface area contributed by atoms with E-state index in [0.717, 1.165) is 49.3 Å². The zero-order valence-corrected chi connectivity index (χ0v) is 13.8. The van der Waals surface area contributed by atoms with Gasteiger partial charge in [0.1, 0.15) is 5.75 Å². The topological polar surface area (TPSA) is 42.4 Å². The summed E-state index contributed by atoms with van der Waals surface area (Å²) in [7, 11) is 0. The van der Waals surface area contributed by atoms with Crippen molar-refractivity contribution >= 4 is 5.91 Å². The molecule has 2 aliphatic rings. The third-order valence-corrected chi connectivity index (χ3v) is 5.00. The van der Waals surface area contributed by atoms with Gasteiger partial charge in [-0.25, -0.2) is 0 Å². The highest BCUT2D eigenvalue weighted by Crippen LogP contribution is 2.31. The lowest BCUT2D eigenvalue weighted by atomic mass is 9.95. The molecule has 1 aromatic carbocycles. The van der Waals surface area contributed by atoms with Crippen molar-refractivity contribution in [1.82, 2.24) is 9.88 Å². The van der Waals surface area contributed by atoms with Crippen LogP contribution in [0.1, 0.15) is 42.0 Å². The van der Waals surface area contributed by atoms with Gasteiger partial charge >= 0.3 is 0 Å². The van der Waals surface area contributed by atoms with E-state index in [9.17, 15) is 4.79 Å². The van der Waals surface area contributed by atoms with Gasteiger partial charge in [0.2, 0.25) is 5.91 Å². The number of likely N-dealkylation sites (tertiary alicyclic amines) is 1. The van der Waals surface area contributed by atoms with Crippen LogP contribution in [0, 0.1) is 0 Å². The van der Waals surface area contributed by atoms with E-state index in [0.29, 0.717) is 6.42 Å². The molecule has 4 rings (SSSR count). The van der Waals surface area contributed by atoms with Crippen LogP contribution in [0.25, 0.3) is 0 Å². The average Bonchev–Trinajstić information content (AvgIpc) is 3.10. The van der Waals surface area contributed by atoms with Crippen LogP contribution < -0.4 is 4.74 Å². The van der Waals surface area contributed by atoms with Crippen LogP contribution in [0.15, 0.2) is 42.7 Å². The van der Waals surface area contributed by atoms with Crippen LogP contribution in [0.5, 0.6) is 5.75 Å². The fraction of sp³-hybridized carbons (Fsp3) is 0.400. The minimum Gasteiger partial charge on any atom is -0.493 e. The number of nitrogens with zero attached hydrogens (tertiary/aromatic N) is 2. The SMILES string of the molecule is O=C(Cc1ccc2c(c1)CCO2)N1CCCCC1c1cccnc1. The van der Waals surface area contributed by atoms with E-state index >= 15 is 0 Å². The first-order valence-corrected chi connectivity index (χ1v) is 8.75. The van der Waals surface area contributed by atoms with Crippen molar-refractivity contribution in [1.29, 1.82) is 0 Å². The molecule has 0 radical (unpaired) electrons. The lowest BCUT2D eigenvalue weighted by Crippen LogP contribution is -2.39. The van der Waals surface area contributed by atoms with Gasteiger partial charge in [-0.15, -0.1) is 0 Å². The summed E-state index contributed by atoms with van der Waals surface area (Å²) in [4.78, 5) is 19.2. The predicted molar refractivity (Wildman–Crippen MR) is 91.9 cm³/mol. The molecule has 3 heterocycles. The smallest absolute Gasteiger partial charge is 0.227 e. The largest absolute Gasteiger partial charge is 0.493 e. The average molecular weight is 322 g/mol. The van der Waals surface area contributed by atoms with Gasteiger partial charge in [-0.2, -0.15) is 0 Å². The number of carbonyl (C=O) groups excluding carboxylic acids is 1. The van der Waals surface area contributed by atoms with Gasteiger partial charge in [0.05, 0.1) is 19.1 Å². The molecule has 2 aliphatic heterocycles. The maximum absolute atomic E-state index is 12.9. The van der Waals surface area contributed by atoms with Crippen LogP contribution in [-0.2, 0) is 17.6 Å². The Morgan fingerprint density at radius 1 is 1.29 bits per heavy atom. The number of rotatable bonds is 3. The monoisotopic (exact) mass is 322 g/mol. The normalized spacial score (nSPS) is 19.7. The van der Waals surface area contributed by atoms with Gasteiger partial charge in [-0.1, -0.05) is 18.2 Å². The number of piperidine rings is 1. The highest BCUT2D eigenvalue weighted by atomic mass is 16.5. The number of hydrogen-bond acceptors (Lipinski definition) is 3. The summed E-state index contributed by atoms with van der Waals surface area (Å²) in [5, 5.41) is 0. The molecule has 24 heavy (non-hydrogen) atoms. The van der Waals surface area contributed by atoms with E-state index < -0.39 is 0 Å². The van der Waals surface area contributed by atoms with Crippen LogP contribution in [0.2, 0.25) is 0 Å². The first kappa shape index (κ1) is 15.2. The summed E-state index contributed by atoms with van der Waals surface area (Å²) in [6.07, 6.45) is 8.35. The minimum atomic E-state index is 0.165. The number of pyridine rings is 1. The molecule has 0 spiro atoms. The standard InChI is InChI=1S/C20H22N2O2/c23-20(13-15-6-7-19-16(12-15)8-11-24-19)22-10-2-1-5-18(22)17-4-3-9-21-14-17/h3-4,6-7,9,12,14,18H,1-2,5,8,10-11,13H2. The van der Waals surface area contributed by atoms with Gasteiger partial charge in [0.25, 0.3) is 0 Å². The third kappa shape index (κ3) is 3.01. The summed E-state index contributed by atoms with van der Waals surface area (Å²) in [6.45, 7) is 1.59. The lowest BCUT2D eigenvalue weighted by molar-refractivity contribution is -0.134. The van der Waals surface area contributed by atoms with Crippen molar-refractivity contribution in [3.8, 4) is 5.75 Å². The summed E-state index contributed by atoms with van der Waals surface area (Å²) in [6, 6.07) is 10.3. The van der Waals surface area contributed by atoms with E-state index in [1.54, 1.807) is 6.20 Å². The van der Waals surface area contributed by atoms with E-state index in [1.807, 2.05) is 29.3 Å². The first-order valence-electron chi connectivity index (χ1n) is 8.75. The Kier molecular flexibility index (Phi) is 4.20. The van der Waals surface area contributed by atoms with Crippen molar-refractivity contribution in [2.45, 2.75) is 38.1 Å². The fourth-order valence-electron chi connectivity index (χ4n) is 3.78. The number of benzene rings is 1. The van der Waals surface area contributed by atoms with Crippen LogP contribution in [-0.4, -0.2) is 28.9 Å². The second-order valence-electron chi connectivity index (χ2n) is 6.60. The molecule has 1 saturated heterocycles. The van der Waals surface area contributed by atoms with Crippen molar-refractivity contribution in [2.75, 3.05) is 13.2 Å². The van der Waals surface area contributed by atoms with Gasteiger partial charge in [-0.05, 0) is 48.1 Å². The maximum atomic E-state index is 12.9. The number of ether oxygens (including phenoxy) is 1. The molecular weight excluding hydrogens is 300 g/mol. The Morgan fingerprint density at radius 3 is 3.12 bits per heavy atom. The van der Waals surface area contributed by atoms with Crippen molar-refractivity contribution in [3.05, 3.63) is 59.4 Å². The summed E-state index contributed by atoms with van der Waals surface area (Å²) >= 11 is 0. The Morgan fingerprint density at radius 2 is 2.25 bits per heavy atom. The van der Waals surface area contributed by atoms with Crippen molar-refractivity contribution in [3.63, 3.8) is 0 Å². The van der Waals surface area contributed by atoms with Gasteiger partial charge in [0, 0.05) is 25.4 Å². The zero-order valence-electron chi connectivity index (χ0n) is 13.8. The second-order valence-corrected chi connectivity index (χ2v) is 6.60. The summed E-state index contributed by atoms with van der Waals surface area (Å²) in [5.41, 5.74) is 3.45. The predicted octanol–water partition coefficient (Wildman–Crippen LogP) is 3.31. The van der Waals surface area contributed by atoms with Crippen LogP contribution in [0.3, 0.4) is 0 Å². The summed E-state index contributed by atoms with van der Waals surface area (Å²) < 4.78 is 5.55. The highest BCUT2D eigenvalue weighted by Gasteiger charge is 2.28. The lowest BCUT2D eigenvalue weighted by Gasteiger charge is -2.36. The highest BCUT2D eigenvalue weighted by molar-refractivity contribution is 5.79. The van der Waals surface area contributed by atoms with Crippen molar-refractivity contribution in [2.24, 2.45) is 0 Å². The minimum absolute atomic E-state index is 0.165. The van der Waals surface area contributed by atoms with E-state index in [-0.39, 0.29) is 11.9 Å². The molecule has 1 atom stereocenters. The van der Waals surface area contributed by atoms with Gasteiger partial charge in [0.15, 0.2) is 0 Å². The molecule has 0 saturated carbocycles. The maximum Gasteiger partial charge on any atom is 0.227 e. The van der Waals surface area contributed by atoms with Crippen LogP contribution in [0.4, 0.5) is 0 Å². The van der Waals surface area contributed by atoms with Gasteiger partial charge in [-0.3, -0.25) is 9.78 Å². The molecule has 4 nitrogen and oxygen atoms in total. The number of carbonyl (C=O) groups is 1. The second kappa shape index (κ2) is 6.63. The van der Waals surface area contributed by atoms with E-state index in [2.05, 4.69) is 17.1 Å². The molecule has 0 aliphatic carbocycles. The first-order chi connectivity index (χ1) is 11.8. The molecule has 4 heteroatoms. The molecule has 1 unspecified atom stereocenters.